The van der Waals surface area contributed by atoms with Crippen molar-refractivity contribution < 1.29 is 57.5 Å². The summed E-state index contributed by atoms with van der Waals surface area (Å²) >= 11 is 17.9. The Balaban J connectivity index is 0.000000128. The second-order valence-electron chi connectivity index (χ2n) is 28.0. The van der Waals surface area contributed by atoms with E-state index in [2.05, 4.69) is 94.4 Å². The minimum atomic E-state index is -0.491. The predicted octanol–water partition coefficient (Wildman–Crippen LogP) is 9.04. The number of hydrogen-bond donors (Lipinski definition) is 5. The van der Waals surface area contributed by atoms with Gasteiger partial charge in [-0.25, -0.2) is 83.8 Å². The van der Waals surface area contributed by atoms with Gasteiger partial charge in [0.05, 0.1) is 64.1 Å². The van der Waals surface area contributed by atoms with Crippen molar-refractivity contribution >= 4 is 93.5 Å². The SMILES string of the molecule is CCNC(=O)Nc1ccc(-c2nc3c(c(N4CCOCC4)n2)CCn2ccnc2-3)cc1.CCOC(=O)C1=C(O)c2nccn2CC1.CCOC(=O)C1=NC=CC1.CCOC(=O)CCCn1ccnc1C(=O)OCC.Clc1nc(Cl)c2c(n1)-c1nccn1CC2.Clc1nc2c(c(N3CCOCC3)n1)CCn1ccnc1-2.O=c1[nH]c2c(c(=O)[nH]1)CCn1ccnc1-2. The number of carbonyl (C=O) groups excluding carboxylic acids is 5. The molecule has 42 heteroatoms. The van der Waals surface area contributed by atoms with Crippen molar-refractivity contribution in [2.45, 2.75) is 125 Å². The molecule has 650 valence electrons. The van der Waals surface area contributed by atoms with Gasteiger partial charge in [-0.3, -0.25) is 19.6 Å². The summed E-state index contributed by atoms with van der Waals surface area (Å²) in [7, 11) is 0. The van der Waals surface area contributed by atoms with Crippen LogP contribution in [-0.2, 0) is 108 Å². The maximum absolute atomic E-state index is 11.8. The van der Waals surface area contributed by atoms with Crippen molar-refractivity contribution in [3.63, 3.8) is 0 Å². The number of morpholine rings is 2. The number of benzene rings is 1. The number of rotatable bonds is 16. The van der Waals surface area contributed by atoms with E-state index >= 15 is 0 Å². The normalized spacial score (nSPS) is 14.4. The highest BCUT2D eigenvalue weighted by molar-refractivity contribution is 6.37. The molecule has 124 heavy (non-hydrogen) atoms. The number of imidazole rings is 6. The molecule has 0 bridgehead atoms. The van der Waals surface area contributed by atoms with E-state index in [1.165, 1.54) is 6.20 Å². The number of urea groups is 1. The fourth-order valence-corrected chi connectivity index (χ4v) is 15.0. The maximum Gasteiger partial charge on any atom is 0.374 e. The Kier molecular flexibility index (Phi) is 30.5. The maximum atomic E-state index is 11.8. The number of allylic oxidation sites excluding steroid dienone is 1. The number of aliphatic imine (C=N–C) groups is 1. The van der Waals surface area contributed by atoms with Gasteiger partial charge in [-0.1, -0.05) is 17.7 Å². The Labute approximate surface area is 725 Å². The van der Waals surface area contributed by atoms with Gasteiger partial charge in [-0.2, -0.15) is 0 Å². The molecule has 18 heterocycles. The number of aryl methyl sites for hydroxylation is 6. The number of amides is 2. The van der Waals surface area contributed by atoms with Crippen LogP contribution in [0.1, 0.15) is 99.0 Å². The lowest BCUT2D eigenvalue weighted by atomic mass is 10.0. The number of H-pyrrole nitrogens is 2. The number of aliphatic hydroxyl groups excluding tert-OH is 1. The zero-order valence-electron chi connectivity index (χ0n) is 68.8. The third kappa shape index (κ3) is 21.7. The van der Waals surface area contributed by atoms with Crippen molar-refractivity contribution in [1.82, 2.24) is 102 Å². The van der Waals surface area contributed by atoms with E-state index in [-0.39, 0.29) is 45.7 Å². The Morgan fingerprint density at radius 3 is 1.58 bits per heavy atom. The number of fused-ring (bicyclic) bond motifs is 13. The average molecular weight is 1760 g/mol. The zero-order chi connectivity index (χ0) is 87.2. The molecule has 8 aliphatic heterocycles. The molecule has 1 aromatic carbocycles. The second-order valence-corrected chi connectivity index (χ2v) is 29.0. The van der Waals surface area contributed by atoms with E-state index in [1.807, 2.05) is 77.4 Å². The number of nitrogens with zero attached hydrogens (tertiary/aromatic N) is 21. The summed E-state index contributed by atoms with van der Waals surface area (Å²) in [6.07, 6.45) is 30.0. The molecule has 39 nitrogen and oxygen atoms in total. The molecule has 8 aliphatic rings. The molecule has 10 aromatic heterocycles. The molecule has 0 atom stereocenters. The van der Waals surface area contributed by atoms with Crippen LogP contribution in [-0.4, -0.2) is 223 Å². The third-order valence-corrected chi connectivity index (χ3v) is 20.8. The minimum absolute atomic E-state index is 0.0651. The van der Waals surface area contributed by atoms with E-state index in [0.29, 0.717) is 137 Å². The number of carbonyl (C=O) groups is 5. The standard InChI is InChI=1S/C22H25N7O2.C13H14ClN5O.C12H18N2O4.C10H12N2O3.C9H6Cl2N4.C9H8N4O2.C7H9NO2/c1-2-23-22(30)25-16-5-3-15(4-6-16)19-26-18-17(7-9-28-10-8-24-21(18)28)20(27-19)29-11-13-31-14-12-29;14-13-16-10-9(1-3-18-4-2-15-12(10)18)11(17-13)19-5-7-20-8-6-19;1-3-17-10(15)6-5-8-14-9-7-13-11(14)12(16)18-4-2;1-2-15-10(14)7-3-5-12-6-4-11-9(12)8(7)13;10-7-5-1-3-15-4-2-12-8(15)6(5)13-9(11)14-7;14-8-5-1-3-13-4-2-10-7(13)6(5)11-9(15)12-8;1-2-10-7(9)6-4-3-5-8-6/h3-6,8,10H,2,7,9,11-14H2,1H3,(H2,23,25,30);2,4H,1,3,5-8H2;7,9H,3-6,8H2,1-2H3;4,6,13H,2-3,5H2,1H3;2,4H,1,3H2;2,4H,1,3H2,(H2,11,12,14,15);3,5H,2,4H2,1H3. The lowest BCUT2D eigenvalue weighted by Gasteiger charge is -2.31. The molecule has 2 amide bonds. The fourth-order valence-electron chi connectivity index (χ4n) is 14.4. The third-order valence-electron chi connectivity index (χ3n) is 20.2. The van der Waals surface area contributed by atoms with Gasteiger partial charge in [-0.05, 0) is 114 Å². The summed E-state index contributed by atoms with van der Waals surface area (Å²) < 4.78 is 41.9. The number of hydrogen-bond acceptors (Lipinski definition) is 29. The Bertz CT molecular complexity index is 5830. The first-order chi connectivity index (χ1) is 60.3. The lowest BCUT2D eigenvalue weighted by molar-refractivity contribution is -0.143. The number of halogens is 3. The Hall–Kier alpha value is -13.1. The van der Waals surface area contributed by atoms with Crippen molar-refractivity contribution in [2.75, 3.05) is 101 Å². The van der Waals surface area contributed by atoms with Gasteiger partial charge in [0.1, 0.15) is 39.6 Å². The van der Waals surface area contributed by atoms with Gasteiger partial charge in [0, 0.05) is 205 Å². The van der Waals surface area contributed by atoms with Crippen molar-refractivity contribution in [3.05, 3.63) is 187 Å². The topological polar surface area (TPSA) is 454 Å². The van der Waals surface area contributed by atoms with Crippen LogP contribution in [0.25, 0.3) is 63.2 Å². The molecule has 11 aromatic rings. The first-order valence-electron chi connectivity index (χ1n) is 40.6. The quantitative estimate of drug-likeness (QED) is 0.0260. The zero-order valence-corrected chi connectivity index (χ0v) is 71.0. The largest absolute Gasteiger partial charge is 0.504 e. The van der Waals surface area contributed by atoms with Gasteiger partial charge < -0.3 is 86.3 Å². The number of aromatic amines is 2. The molecule has 2 fully saturated rings. The van der Waals surface area contributed by atoms with E-state index < -0.39 is 17.6 Å². The second kappa shape index (κ2) is 42.6. The summed E-state index contributed by atoms with van der Waals surface area (Å²) in [5.41, 5.74) is 8.50. The van der Waals surface area contributed by atoms with E-state index in [0.717, 1.165) is 159 Å². The number of esters is 4. The van der Waals surface area contributed by atoms with Crippen LogP contribution in [0.2, 0.25) is 15.7 Å². The number of aromatic nitrogens is 20. The lowest BCUT2D eigenvalue weighted by Crippen LogP contribution is -2.38. The summed E-state index contributed by atoms with van der Waals surface area (Å²) in [6.45, 7) is 21.6. The van der Waals surface area contributed by atoms with Gasteiger partial charge in [0.15, 0.2) is 40.7 Å². The molecule has 0 spiro atoms. The van der Waals surface area contributed by atoms with Crippen LogP contribution in [0.15, 0.2) is 131 Å². The van der Waals surface area contributed by atoms with E-state index in [1.54, 1.807) is 80.2 Å². The van der Waals surface area contributed by atoms with Crippen molar-refractivity contribution in [2.24, 2.45) is 4.99 Å². The monoisotopic (exact) mass is 1760 g/mol. The fraction of sp³-hybridized carbons (Fsp3) is 0.390. The molecule has 5 N–H and O–H groups in total. The summed E-state index contributed by atoms with van der Waals surface area (Å²) in [4.78, 5) is 145. The van der Waals surface area contributed by atoms with Crippen LogP contribution >= 0.6 is 34.8 Å². The van der Waals surface area contributed by atoms with Gasteiger partial charge in [0.2, 0.25) is 16.4 Å². The summed E-state index contributed by atoms with van der Waals surface area (Å²) in [6, 6.07) is 7.37. The Morgan fingerprint density at radius 1 is 0.516 bits per heavy atom. The number of nitrogens with one attached hydrogen (secondary N) is 4. The molecule has 19 rings (SSSR count). The van der Waals surface area contributed by atoms with Crippen molar-refractivity contribution in [1.29, 1.82) is 0 Å². The van der Waals surface area contributed by atoms with Gasteiger partial charge >= 0.3 is 35.6 Å². The number of anilines is 3. The summed E-state index contributed by atoms with van der Waals surface area (Å²) in [5.74, 6) is 5.00. The molecule has 0 unspecified atom stereocenters. The van der Waals surface area contributed by atoms with Crippen LogP contribution in [0.5, 0.6) is 0 Å². The van der Waals surface area contributed by atoms with Gasteiger partial charge in [-0.15, -0.1) is 0 Å². The predicted molar refractivity (Wildman–Crippen MR) is 458 cm³/mol. The average Bonchev–Trinajstić information content (AvgIpc) is 1.38. The molecule has 0 radical (unpaired) electrons. The van der Waals surface area contributed by atoms with E-state index in [4.69, 9.17) is 73.2 Å². The first-order valence-corrected chi connectivity index (χ1v) is 41.7. The first kappa shape index (κ1) is 88.7. The molecule has 0 aliphatic carbocycles. The van der Waals surface area contributed by atoms with Crippen LogP contribution in [0, 0.1) is 0 Å². The smallest absolute Gasteiger partial charge is 0.374 e. The molecular weight excluding hydrogens is 1670 g/mol. The molecule has 2 saturated heterocycles. The van der Waals surface area contributed by atoms with Gasteiger partial charge in [0.25, 0.3) is 5.56 Å². The molecular formula is C82H92Cl3N25O14. The van der Waals surface area contributed by atoms with Crippen LogP contribution in [0.3, 0.4) is 0 Å². The van der Waals surface area contributed by atoms with E-state index in [9.17, 15) is 38.7 Å². The minimum Gasteiger partial charge on any atom is -0.504 e. The highest BCUT2D eigenvalue weighted by Gasteiger charge is 2.32. The van der Waals surface area contributed by atoms with Crippen LogP contribution in [0.4, 0.5) is 22.1 Å². The highest BCUT2D eigenvalue weighted by Crippen LogP contribution is 2.38. The number of aliphatic hydroxyl groups is 1. The molecule has 0 saturated carbocycles. The number of ether oxygens (including phenoxy) is 6. The van der Waals surface area contributed by atoms with Crippen molar-refractivity contribution in [3.8, 4) is 57.5 Å². The van der Waals surface area contributed by atoms with Crippen LogP contribution < -0.4 is 31.7 Å². The highest BCUT2D eigenvalue weighted by atomic mass is 35.5. The Morgan fingerprint density at radius 2 is 1.01 bits per heavy atom. The summed E-state index contributed by atoms with van der Waals surface area (Å²) in [5, 5.41) is 16.2.